The fraction of sp³-hybridized carbons (Fsp3) is 0.423. The molecule has 192 valence electrons. The van der Waals surface area contributed by atoms with Gasteiger partial charge in [-0.05, 0) is 61.6 Å². The summed E-state index contributed by atoms with van der Waals surface area (Å²) in [5.41, 5.74) is 1.48. The number of amides is 4. The van der Waals surface area contributed by atoms with Crippen LogP contribution >= 0.6 is 27.5 Å². The lowest BCUT2D eigenvalue weighted by molar-refractivity contribution is -0.138. The van der Waals surface area contributed by atoms with Crippen molar-refractivity contribution in [2.75, 3.05) is 32.1 Å². The van der Waals surface area contributed by atoms with Crippen LogP contribution in [0.4, 0.5) is 10.5 Å². The van der Waals surface area contributed by atoms with E-state index in [2.05, 4.69) is 26.6 Å². The first-order chi connectivity index (χ1) is 17.4. The zero-order valence-corrected chi connectivity index (χ0v) is 22.5. The third kappa shape index (κ3) is 6.31. The molecule has 0 bridgehead atoms. The molecule has 2 aromatic carbocycles. The molecule has 2 aliphatic rings. The van der Waals surface area contributed by atoms with Crippen LogP contribution in [0.15, 0.2) is 46.9 Å². The number of carbonyl (C=O) groups excluding carboxylic acids is 3. The van der Waals surface area contributed by atoms with Crippen molar-refractivity contribution in [3.05, 3.63) is 57.5 Å². The van der Waals surface area contributed by atoms with Gasteiger partial charge in [-0.2, -0.15) is 0 Å². The molecule has 0 spiro atoms. The van der Waals surface area contributed by atoms with Crippen LogP contribution in [-0.2, 0) is 16.1 Å². The average Bonchev–Trinajstić information content (AvgIpc) is 3.39. The Kier molecular flexibility index (Phi) is 8.74. The molecule has 2 fully saturated rings. The van der Waals surface area contributed by atoms with Gasteiger partial charge in [0.2, 0.25) is 11.8 Å². The van der Waals surface area contributed by atoms with E-state index in [0.717, 1.165) is 22.2 Å². The summed E-state index contributed by atoms with van der Waals surface area (Å²) in [6.45, 7) is 1.95. The summed E-state index contributed by atoms with van der Waals surface area (Å²) in [6.07, 6.45) is 2.59. The van der Waals surface area contributed by atoms with Gasteiger partial charge in [-0.25, -0.2) is 4.79 Å². The van der Waals surface area contributed by atoms with Crippen LogP contribution in [0.5, 0.6) is 5.75 Å². The number of rotatable bonds is 6. The van der Waals surface area contributed by atoms with Gasteiger partial charge in [0.15, 0.2) is 0 Å². The van der Waals surface area contributed by atoms with Crippen molar-refractivity contribution in [1.82, 2.24) is 15.1 Å². The first-order valence-electron chi connectivity index (χ1n) is 12.1. The number of halogens is 2. The predicted octanol–water partition coefficient (Wildman–Crippen LogP) is 4.66. The average molecular weight is 578 g/mol. The van der Waals surface area contributed by atoms with E-state index >= 15 is 0 Å². The van der Waals surface area contributed by atoms with Crippen LogP contribution in [0.2, 0.25) is 5.02 Å². The van der Waals surface area contributed by atoms with E-state index in [0.29, 0.717) is 56.2 Å². The molecule has 0 saturated carbocycles. The Labute approximate surface area is 224 Å². The van der Waals surface area contributed by atoms with E-state index in [1.165, 1.54) is 0 Å². The molecule has 2 N–H and O–H groups in total. The number of piperidine rings is 1. The summed E-state index contributed by atoms with van der Waals surface area (Å²) < 4.78 is 6.05. The highest BCUT2D eigenvalue weighted by Gasteiger charge is 2.38. The molecule has 1 atom stereocenters. The number of likely N-dealkylation sites (tertiary alicyclic amines) is 2. The monoisotopic (exact) mass is 576 g/mol. The molecule has 4 rings (SSSR count). The topological polar surface area (TPSA) is 91.0 Å². The van der Waals surface area contributed by atoms with Gasteiger partial charge in [0.05, 0.1) is 17.8 Å². The SMILES string of the molecule is COc1cccc(CNC(=O)C2CCN(C(=O)[C@@H]3CCCN3C(=O)Nc3ccc(Br)cc3Cl)CC2)c1. The van der Waals surface area contributed by atoms with E-state index in [4.69, 9.17) is 16.3 Å². The van der Waals surface area contributed by atoms with Crippen molar-refractivity contribution >= 4 is 51.1 Å². The maximum Gasteiger partial charge on any atom is 0.322 e. The Balaban J connectivity index is 1.28. The molecular weight excluding hydrogens is 548 g/mol. The minimum Gasteiger partial charge on any atom is -0.497 e. The van der Waals surface area contributed by atoms with Crippen molar-refractivity contribution in [3.8, 4) is 5.75 Å². The van der Waals surface area contributed by atoms with E-state index in [1.807, 2.05) is 24.3 Å². The van der Waals surface area contributed by atoms with Gasteiger partial charge >= 0.3 is 6.03 Å². The van der Waals surface area contributed by atoms with Crippen LogP contribution in [0.25, 0.3) is 0 Å². The number of benzene rings is 2. The van der Waals surface area contributed by atoms with Crippen molar-refractivity contribution in [3.63, 3.8) is 0 Å². The number of carbonyl (C=O) groups is 3. The zero-order chi connectivity index (χ0) is 25.7. The lowest BCUT2D eigenvalue weighted by atomic mass is 9.95. The van der Waals surface area contributed by atoms with E-state index in [9.17, 15) is 14.4 Å². The Morgan fingerprint density at radius 2 is 1.86 bits per heavy atom. The van der Waals surface area contributed by atoms with Crippen molar-refractivity contribution < 1.29 is 19.1 Å². The molecule has 0 aromatic heterocycles. The fourth-order valence-corrected chi connectivity index (χ4v) is 5.45. The number of methoxy groups -OCH3 is 1. The Morgan fingerprint density at radius 3 is 2.58 bits per heavy atom. The lowest BCUT2D eigenvalue weighted by Crippen LogP contribution is -2.51. The molecular formula is C26H30BrClN4O4. The maximum atomic E-state index is 13.3. The maximum absolute atomic E-state index is 13.3. The second-order valence-electron chi connectivity index (χ2n) is 9.07. The van der Waals surface area contributed by atoms with Crippen LogP contribution in [0, 0.1) is 5.92 Å². The molecule has 4 amide bonds. The van der Waals surface area contributed by atoms with E-state index in [-0.39, 0.29) is 23.8 Å². The molecule has 2 aliphatic heterocycles. The molecule has 0 radical (unpaired) electrons. The first-order valence-corrected chi connectivity index (χ1v) is 13.2. The quantitative estimate of drug-likeness (QED) is 0.522. The standard InChI is InChI=1S/C26H30BrClN4O4/c1-36-20-5-2-4-17(14-20)16-29-24(33)18-9-12-31(13-10-18)25(34)23-6-3-11-32(23)26(35)30-22-8-7-19(27)15-21(22)28/h2,4-5,7-8,14-15,18,23H,3,6,9-13,16H2,1H3,(H,29,33)(H,30,35)/t23-/m0/s1. The zero-order valence-electron chi connectivity index (χ0n) is 20.1. The van der Waals surface area contributed by atoms with Crippen molar-refractivity contribution in [1.29, 1.82) is 0 Å². The Morgan fingerprint density at radius 1 is 1.08 bits per heavy atom. The summed E-state index contributed by atoms with van der Waals surface area (Å²) in [5.74, 6) is 0.559. The molecule has 2 aromatic rings. The molecule has 0 aliphatic carbocycles. The van der Waals surface area contributed by atoms with Crippen molar-refractivity contribution in [2.45, 2.75) is 38.3 Å². The van der Waals surface area contributed by atoms with Crippen LogP contribution in [-0.4, -0.2) is 60.4 Å². The summed E-state index contributed by atoms with van der Waals surface area (Å²) >= 11 is 9.59. The molecule has 8 nitrogen and oxygen atoms in total. The van der Waals surface area contributed by atoms with Gasteiger partial charge in [-0.1, -0.05) is 39.7 Å². The molecule has 0 unspecified atom stereocenters. The number of hydrogen-bond acceptors (Lipinski definition) is 4. The number of urea groups is 1. The van der Waals surface area contributed by atoms with Gasteiger partial charge in [0, 0.05) is 36.6 Å². The number of anilines is 1. The first kappa shape index (κ1) is 26.3. The number of nitrogens with one attached hydrogen (secondary N) is 2. The minimum atomic E-state index is -0.502. The molecule has 10 heteroatoms. The normalized spacial score (nSPS) is 18.1. The van der Waals surface area contributed by atoms with E-state index < -0.39 is 6.04 Å². The number of hydrogen-bond donors (Lipinski definition) is 2. The molecule has 2 heterocycles. The van der Waals surface area contributed by atoms with Gasteiger partial charge in [-0.3, -0.25) is 9.59 Å². The second-order valence-corrected chi connectivity index (χ2v) is 10.4. The summed E-state index contributed by atoms with van der Waals surface area (Å²) in [5, 5.41) is 6.25. The Bertz CT molecular complexity index is 1120. The van der Waals surface area contributed by atoms with Crippen LogP contribution < -0.4 is 15.4 Å². The van der Waals surface area contributed by atoms with Crippen LogP contribution in [0.1, 0.15) is 31.2 Å². The third-order valence-corrected chi connectivity index (χ3v) is 7.56. The lowest BCUT2D eigenvalue weighted by Gasteiger charge is -2.35. The van der Waals surface area contributed by atoms with Crippen LogP contribution in [0.3, 0.4) is 0 Å². The smallest absolute Gasteiger partial charge is 0.322 e. The summed E-state index contributed by atoms with van der Waals surface area (Å²) in [7, 11) is 1.61. The summed E-state index contributed by atoms with van der Waals surface area (Å²) in [4.78, 5) is 42.3. The molecule has 2 saturated heterocycles. The number of ether oxygens (including phenoxy) is 1. The highest BCUT2D eigenvalue weighted by atomic mass is 79.9. The summed E-state index contributed by atoms with van der Waals surface area (Å²) in [6, 6.07) is 12.0. The van der Waals surface area contributed by atoms with Gasteiger partial charge in [0.25, 0.3) is 0 Å². The Hall–Kier alpha value is -2.78. The van der Waals surface area contributed by atoms with Gasteiger partial charge < -0.3 is 25.2 Å². The molecule has 36 heavy (non-hydrogen) atoms. The largest absolute Gasteiger partial charge is 0.497 e. The third-order valence-electron chi connectivity index (χ3n) is 6.75. The predicted molar refractivity (Wildman–Crippen MR) is 142 cm³/mol. The van der Waals surface area contributed by atoms with Crippen molar-refractivity contribution in [2.24, 2.45) is 5.92 Å². The number of nitrogens with zero attached hydrogens (tertiary/aromatic N) is 2. The highest BCUT2D eigenvalue weighted by molar-refractivity contribution is 9.10. The minimum absolute atomic E-state index is 0.00170. The van der Waals surface area contributed by atoms with Gasteiger partial charge in [0.1, 0.15) is 11.8 Å². The highest BCUT2D eigenvalue weighted by Crippen LogP contribution is 2.28. The fourth-order valence-electron chi connectivity index (χ4n) is 4.73. The van der Waals surface area contributed by atoms with E-state index in [1.54, 1.807) is 35.1 Å². The second kappa shape index (κ2) is 12.0. The van der Waals surface area contributed by atoms with Gasteiger partial charge in [-0.15, -0.1) is 0 Å².